The molecular weight excluding hydrogens is 288 g/mol. The first-order valence-electron chi connectivity index (χ1n) is 4.03. The number of halogens is 5. The van der Waals surface area contributed by atoms with Gasteiger partial charge in [-0.25, -0.2) is 4.39 Å². The molecule has 0 saturated carbocycles. The van der Waals surface area contributed by atoms with Gasteiger partial charge in [0.15, 0.2) is 0 Å². The van der Waals surface area contributed by atoms with Crippen molar-refractivity contribution in [2.75, 3.05) is 0 Å². The molecule has 0 N–H and O–H groups in total. The van der Waals surface area contributed by atoms with E-state index in [-0.39, 0.29) is 10.6 Å². The molecule has 0 atom stereocenters. The van der Waals surface area contributed by atoms with Crippen LogP contribution in [0, 0.1) is 5.82 Å². The topological polar surface area (TPSA) is 43.4 Å². The Balaban J connectivity index is 2.78. The maximum absolute atomic E-state index is 12.9. The normalized spacial score (nSPS) is 12.8. The van der Waals surface area contributed by atoms with Crippen molar-refractivity contribution in [3.8, 4) is 0 Å². The van der Waals surface area contributed by atoms with Crippen molar-refractivity contribution in [2.24, 2.45) is 0 Å². The highest BCUT2D eigenvalue weighted by Crippen LogP contribution is 2.26. The minimum absolute atomic E-state index is 0.0836. The number of hydrogen-bond acceptors (Lipinski definition) is 3. The summed E-state index contributed by atoms with van der Waals surface area (Å²) in [5.41, 5.74) is -5.59. The van der Waals surface area contributed by atoms with Crippen LogP contribution in [0.1, 0.15) is 5.56 Å². The lowest BCUT2D eigenvalue weighted by Crippen LogP contribution is -2.25. The fourth-order valence-corrected chi connectivity index (χ4v) is 1.38. The smallest absolute Gasteiger partial charge is 0.258 e. The van der Waals surface area contributed by atoms with Crippen molar-refractivity contribution in [1.29, 1.82) is 0 Å². The van der Waals surface area contributed by atoms with Crippen LogP contribution in [0.3, 0.4) is 0 Å². The third-order valence-electron chi connectivity index (χ3n) is 1.65. The first-order valence-corrected chi connectivity index (χ1v) is 5.82. The monoisotopic (exact) mass is 292 g/mol. The van der Waals surface area contributed by atoms with E-state index in [9.17, 15) is 26.0 Å². The Morgan fingerprint density at radius 2 is 1.88 bits per heavy atom. The van der Waals surface area contributed by atoms with Gasteiger partial charge >= 0.3 is 15.6 Å². The van der Waals surface area contributed by atoms with E-state index < -0.39 is 28.1 Å². The number of alkyl halides is 3. The highest BCUT2D eigenvalue weighted by atomic mass is 35.5. The van der Waals surface area contributed by atoms with Crippen molar-refractivity contribution in [1.82, 2.24) is 0 Å². The molecule has 3 nitrogen and oxygen atoms in total. The van der Waals surface area contributed by atoms with Gasteiger partial charge in [-0.2, -0.15) is 21.6 Å². The molecule has 9 heteroatoms. The van der Waals surface area contributed by atoms with Gasteiger partial charge in [0, 0.05) is 0 Å². The summed E-state index contributed by atoms with van der Waals surface area (Å²) >= 11 is 5.33. The van der Waals surface area contributed by atoms with Gasteiger partial charge in [-0.15, -0.1) is 0 Å². The standard InChI is InChI=1S/C8H5ClF4O3S/c9-6-2-1-5(3-7(6)10)4-16-17(14,15)8(11,12)13/h1-3H,4H2. The highest BCUT2D eigenvalue weighted by Gasteiger charge is 2.47. The van der Waals surface area contributed by atoms with Crippen LogP contribution in [-0.4, -0.2) is 13.9 Å². The van der Waals surface area contributed by atoms with Gasteiger partial charge in [-0.05, 0) is 17.7 Å². The second-order valence-electron chi connectivity index (χ2n) is 2.91. The Labute approximate surface area is 99.1 Å². The molecule has 17 heavy (non-hydrogen) atoms. The molecule has 0 saturated heterocycles. The van der Waals surface area contributed by atoms with E-state index in [1.807, 2.05) is 0 Å². The van der Waals surface area contributed by atoms with Crippen LogP contribution >= 0.6 is 11.6 Å². The van der Waals surface area contributed by atoms with E-state index in [2.05, 4.69) is 4.18 Å². The molecule has 0 aliphatic carbocycles. The third kappa shape index (κ3) is 3.55. The predicted octanol–water partition coefficient (Wildman–Crippen LogP) is 2.85. The van der Waals surface area contributed by atoms with Crippen molar-refractivity contribution in [3.63, 3.8) is 0 Å². The minimum Gasteiger partial charge on any atom is -0.258 e. The van der Waals surface area contributed by atoms with Crippen molar-refractivity contribution in [3.05, 3.63) is 34.6 Å². The quantitative estimate of drug-likeness (QED) is 0.489. The van der Waals surface area contributed by atoms with Gasteiger partial charge in [-0.1, -0.05) is 17.7 Å². The van der Waals surface area contributed by atoms with Crippen LogP contribution in [0.4, 0.5) is 17.6 Å². The molecule has 0 spiro atoms. The number of rotatable bonds is 3. The molecule has 1 aromatic carbocycles. The van der Waals surface area contributed by atoms with E-state index in [0.29, 0.717) is 0 Å². The average Bonchev–Trinajstić information content (AvgIpc) is 2.18. The Hall–Kier alpha value is -0.860. The van der Waals surface area contributed by atoms with E-state index in [1.165, 1.54) is 0 Å². The molecule has 0 fully saturated rings. The fourth-order valence-electron chi connectivity index (χ4n) is 0.842. The summed E-state index contributed by atoms with van der Waals surface area (Å²) in [5.74, 6) is -0.878. The molecule has 0 amide bonds. The molecule has 0 bridgehead atoms. The second kappa shape index (κ2) is 4.79. The minimum atomic E-state index is -5.67. The Kier molecular flexibility index (Phi) is 4.00. The summed E-state index contributed by atoms with van der Waals surface area (Å²) in [7, 11) is -5.67. The highest BCUT2D eigenvalue weighted by molar-refractivity contribution is 7.87. The molecule has 1 rings (SSSR count). The predicted molar refractivity (Wildman–Crippen MR) is 51.2 cm³/mol. The van der Waals surface area contributed by atoms with Crippen LogP contribution in [0.2, 0.25) is 5.02 Å². The van der Waals surface area contributed by atoms with Gasteiger partial charge in [0.25, 0.3) is 0 Å². The van der Waals surface area contributed by atoms with Gasteiger partial charge in [0.1, 0.15) is 5.82 Å². The van der Waals surface area contributed by atoms with Crippen LogP contribution in [-0.2, 0) is 20.9 Å². The summed E-state index contributed by atoms with van der Waals surface area (Å²) in [4.78, 5) is 0. The van der Waals surface area contributed by atoms with E-state index in [4.69, 9.17) is 11.6 Å². The van der Waals surface area contributed by atoms with Gasteiger partial charge in [-0.3, -0.25) is 4.18 Å². The molecule has 96 valence electrons. The zero-order valence-corrected chi connectivity index (χ0v) is 9.53. The van der Waals surface area contributed by atoms with Crippen molar-refractivity contribution < 1.29 is 30.2 Å². The van der Waals surface area contributed by atoms with Gasteiger partial charge in [0.2, 0.25) is 0 Å². The Bertz CT molecular complexity index is 512. The molecule has 0 unspecified atom stereocenters. The number of hydrogen-bond donors (Lipinski definition) is 0. The zero-order chi connectivity index (χ0) is 13.3. The van der Waals surface area contributed by atoms with E-state index in [1.54, 1.807) is 0 Å². The Morgan fingerprint density at radius 3 is 2.35 bits per heavy atom. The molecule has 1 aromatic rings. The summed E-state index contributed by atoms with van der Waals surface area (Å²) in [6.07, 6.45) is 0. The largest absolute Gasteiger partial charge is 0.523 e. The first-order chi connectivity index (χ1) is 7.63. The summed E-state index contributed by atoms with van der Waals surface area (Å²) < 4.78 is 73.2. The molecule has 0 aromatic heterocycles. The summed E-state index contributed by atoms with van der Waals surface area (Å²) in [6, 6.07) is 3.02. The summed E-state index contributed by atoms with van der Waals surface area (Å²) in [6.45, 7) is -0.921. The molecular formula is C8H5ClF4O3S. The SMILES string of the molecule is O=S(=O)(OCc1ccc(Cl)c(F)c1)C(F)(F)F. The van der Waals surface area contributed by atoms with E-state index >= 15 is 0 Å². The number of benzene rings is 1. The lowest BCUT2D eigenvalue weighted by molar-refractivity contribution is -0.0547. The molecule has 0 heterocycles. The zero-order valence-electron chi connectivity index (χ0n) is 7.96. The molecule has 0 radical (unpaired) electrons. The molecule has 0 aliphatic rings. The van der Waals surface area contributed by atoms with Crippen LogP contribution in [0.15, 0.2) is 18.2 Å². The lowest BCUT2D eigenvalue weighted by atomic mass is 10.2. The van der Waals surface area contributed by atoms with Gasteiger partial charge < -0.3 is 0 Å². The molecule has 0 aliphatic heterocycles. The maximum atomic E-state index is 12.9. The summed E-state index contributed by atoms with van der Waals surface area (Å²) in [5, 5.41) is -0.229. The van der Waals surface area contributed by atoms with Crippen LogP contribution < -0.4 is 0 Å². The van der Waals surface area contributed by atoms with Crippen LogP contribution in [0.25, 0.3) is 0 Å². The maximum Gasteiger partial charge on any atom is 0.523 e. The average molecular weight is 293 g/mol. The third-order valence-corrected chi connectivity index (χ3v) is 2.95. The van der Waals surface area contributed by atoms with Gasteiger partial charge in [0.05, 0.1) is 11.6 Å². The van der Waals surface area contributed by atoms with Crippen molar-refractivity contribution >= 4 is 21.7 Å². The second-order valence-corrected chi connectivity index (χ2v) is 4.92. The van der Waals surface area contributed by atoms with E-state index in [0.717, 1.165) is 18.2 Å². The lowest BCUT2D eigenvalue weighted by Gasteiger charge is -2.08. The fraction of sp³-hybridized carbons (Fsp3) is 0.250. The first kappa shape index (κ1) is 14.2. The van der Waals surface area contributed by atoms with Crippen LogP contribution in [0.5, 0.6) is 0 Å². The Morgan fingerprint density at radius 1 is 1.29 bits per heavy atom. The van der Waals surface area contributed by atoms with Crippen molar-refractivity contribution in [2.45, 2.75) is 12.1 Å².